The molecule has 2 aromatic rings. The van der Waals surface area contributed by atoms with Crippen LogP contribution in [0.3, 0.4) is 0 Å². The Morgan fingerprint density at radius 1 is 0.774 bits per heavy atom. The van der Waals surface area contributed by atoms with E-state index in [1.54, 1.807) is 0 Å². The number of rotatable bonds is 2. The maximum absolute atomic E-state index is 6.03. The molecule has 0 aromatic heterocycles. The van der Waals surface area contributed by atoms with Crippen molar-refractivity contribution in [1.29, 1.82) is 0 Å². The highest BCUT2D eigenvalue weighted by Gasteiger charge is 2.29. The molecular weight excluding hydrogens is 544 g/mol. The van der Waals surface area contributed by atoms with Crippen LogP contribution in [-0.2, 0) is 9.47 Å². The number of nitrogens with zero attached hydrogens (tertiary/aromatic N) is 4. The molecule has 2 aliphatic heterocycles. The third-order valence-corrected chi connectivity index (χ3v) is 6.61. The SMILES string of the molecule is S=C(N1CCOCC1)N(C(=Nc1ccc(Br)cc1)N1CCOCC1)c1ccc(Br)cc1. The summed E-state index contributed by atoms with van der Waals surface area (Å²) in [6.45, 7) is 5.72. The fourth-order valence-corrected chi connectivity index (χ4v) is 4.35. The molecule has 9 heteroatoms. The van der Waals surface area contributed by atoms with Gasteiger partial charge >= 0.3 is 0 Å². The number of ether oxygens (including phenoxy) is 2. The second-order valence-electron chi connectivity index (χ2n) is 7.18. The molecule has 4 rings (SSSR count). The molecule has 2 heterocycles. The molecule has 0 radical (unpaired) electrons. The summed E-state index contributed by atoms with van der Waals surface area (Å²) in [5.74, 6) is 0.810. The van der Waals surface area contributed by atoms with Gasteiger partial charge in [0.05, 0.1) is 37.8 Å². The van der Waals surface area contributed by atoms with Gasteiger partial charge in [-0.05, 0) is 60.7 Å². The smallest absolute Gasteiger partial charge is 0.213 e. The second-order valence-corrected chi connectivity index (χ2v) is 9.38. The maximum atomic E-state index is 6.03. The minimum Gasteiger partial charge on any atom is -0.378 e. The molecule has 0 aliphatic carbocycles. The summed E-state index contributed by atoms with van der Waals surface area (Å²) in [6.07, 6.45) is 0. The summed E-state index contributed by atoms with van der Waals surface area (Å²) in [5, 5.41) is 0.730. The van der Waals surface area contributed by atoms with E-state index in [0.717, 1.165) is 57.6 Å². The molecule has 2 fully saturated rings. The normalized spacial score (nSPS) is 17.5. The molecular formula is C22H24Br2N4O2S. The van der Waals surface area contributed by atoms with Gasteiger partial charge in [-0.3, -0.25) is 4.90 Å². The van der Waals surface area contributed by atoms with Crippen LogP contribution in [0.25, 0.3) is 0 Å². The Morgan fingerprint density at radius 2 is 1.26 bits per heavy atom. The lowest BCUT2D eigenvalue weighted by molar-refractivity contribution is 0.0657. The molecule has 0 amide bonds. The third kappa shape index (κ3) is 5.84. The molecule has 164 valence electrons. The van der Waals surface area contributed by atoms with Crippen molar-refractivity contribution >= 4 is 66.5 Å². The molecule has 0 N–H and O–H groups in total. The molecule has 31 heavy (non-hydrogen) atoms. The van der Waals surface area contributed by atoms with Crippen molar-refractivity contribution in [3.05, 3.63) is 57.5 Å². The fraction of sp³-hybridized carbons (Fsp3) is 0.364. The quantitative estimate of drug-likeness (QED) is 0.299. The van der Waals surface area contributed by atoms with Gasteiger partial charge in [0, 0.05) is 35.1 Å². The monoisotopic (exact) mass is 566 g/mol. The Bertz CT molecular complexity index is 912. The number of hydrogen-bond donors (Lipinski definition) is 0. The predicted molar refractivity (Wildman–Crippen MR) is 135 cm³/mol. The maximum Gasteiger partial charge on any atom is 0.213 e. The molecule has 0 spiro atoms. The summed E-state index contributed by atoms with van der Waals surface area (Å²) in [4.78, 5) is 11.6. The van der Waals surface area contributed by atoms with Crippen LogP contribution in [0, 0.1) is 0 Å². The van der Waals surface area contributed by atoms with Gasteiger partial charge in [-0.2, -0.15) is 0 Å². The van der Waals surface area contributed by atoms with E-state index in [4.69, 9.17) is 26.7 Å². The summed E-state index contributed by atoms with van der Waals surface area (Å²) in [7, 11) is 0. The van der Waals surface area contributed by atoms with Crippen LogP contribution in [0.2, 0.25) is 0 Å². The van der Waals surface area contributed by atoms with Crippen molar-refractivity contribution in [2.75, 3.05) is 57.5 Å². The molecule has 0 atom stereocenters. The Labute approximate surface area is 205 Å². The summed E-state index contributed by atoms with van der Waals surface area (Å²) < 4.78 is 13.2. The van der Waals surface area contributed by atoms with Crippen molar-refractivity contribution in [1.82, 2.24) is 9.80 Å². The van der Waals surface area contributed by atoms with E-state index in [2.05, 4.69) is 58.7 Å². The highest BCUT2D eigenvalue weighted by atomic mass is 79.9. The van der Waals surface area contributed by atoms with E-state index in [0.29, 0.717) is 26.4 Å². The first-order chi connectivity index (χ1) is 15.1. The average Bonchev–Trinajstić information content (AvgIpc) is 2.82. The molecule has 0 unspecified atom stereocenters. The second kappa shape index (κ2) is 10.9. The first kappa shape index (κ1) is 22.7. The molecule has 2 saturated heterocycles. The Kier molecular flexibility index (Phi) is 7.95. The summed E-state index contributed by atoms with van der Waals surface area (Å²) in [5.41, 5.74) is 1.85. The van der Waals surface area contributed by atoms with Gasteiger partial charge in [0.1, 0.15) is 0 Å². The Balaban J connectivity index is 1.78. The number of benzene rings is 2. The van der Waals surface area contributed by atoms with Crippen molar-refractivity contribution in [3.63, 3.8) is 0 Å². The van der Waals surface area contributed by atoms with Crippen LogP contribution in [0.1, 0.15) is 0 Å². The van der Waals surface area contributed by atoms with E-state index in [-0.39, 0.29) is 0 Å². The number of aliphatic imine (C=N–C) groups is 1. The van der Waals surface area contributed by atoms with Crippen LogP contribution < -0.4 is 4.90 Å². The van der Waals surface area contributed by atoms with Crippen molar-refractivity contribution in [2.45, 2.75) is 0 Å². The minimum atomic E-state index is 0.665. The third-order valence-electron chi connectivity index (χ3n) is 5.11. The lowest BCUT2D eigenvalue weighted by atomic mass is 10.3. The van der Waals surface area contributed by atoms with Crippen LogP contribution in [0.15, 0.2) is 62.5 Å². The van der Waals surface area contributed by atoms with Gasteiger partial charge in [-0.25, -0.2) is 4.99 Å². The first-order valence-electron chi connectivity index (χ1n) is 10.2. The fourth-order valence-electron chi connectivity index (χ4n) is 3.45. The Hall–Kier alpha value is -1.52. The standard InChI is InChI=1S/C22H24Br2N4O2S/c23-17-1-5-19(6-2-17)25-21(26-9-13-29-14-10-26)28(20-7-3-18(24)4-8-20)22(31)27-11-15-30-16-12-27/h1-8H,9-16H2. The number of thiocarbonyl (C=S) groups is 1. The van der Waals surface area contributed by atoms with Gasteiger partial charge in [-0.1, -0.05) is 31.9 Å². The topological polar surface area (TPSA) is 40.5 Å². The van der Waals surface area contributed by atoms with Gasteiger partial charge in [0.2, 0.25) is 5.96 Å². The zero-order valence-corrected chi connectivity index (χ0v) is 21.0. The van der Waals surface area contributed by atoms with Crippen molar-refractivity contribution < 1.29 is 9.47 Å². The van der Waals surface area contributed by atoms with Crippen LogP contribution in [0.4, 0.5) is 11.4 Å². The molecule has 0 bridgehead atoms. The van der Waals surface area contributed by atoms with Crippen LogP contribution in [0.5, 0.6) is 0 Å². The number of morpholine rings is 2. The largest absolute Gasteiger partial charge is 0.378 e. The van der Waals surface area contributed by atoms with E-state index < -0.39 is 0 Å². The summed E-state index contributed by atoms with van der Waals surface area (Å²) in [6, 6.07) is 16.2. The highest BCUT2D eigenvalue weighted by molar-refractivity contribution is 9.10. The zero-order valence-electron chi connectivity index (χ0n) is 17.0. The lowest BCUT2D eigenvalue weighted by Crippen LogP contribution is -2.56. The first-order valence-corrected chi connectivity index (χ1v) is 12.2. The lowest BCUT2D eigenvalue weighted by Gasteiger charge is -2.40. The minimum absolute atomic E-state index is 0.665. The highest BCUT2D eigenvalue weighted by Crippen LogP contribution is 2.25. The molecule has 6 nitrogen and oxygen atoms in total. The predicted octanol–water partition coefficient (Wildman–Crippen LogP) is 4.66. The molecule has 0 saturated carbocycles. The average molecular weight is 568 g/mol. The van der Waals surface area contributed by atoms with Crippen LogP contribution >= 0.6 is 44.1 Å². The van der Waals surface area contributed by atoms with Gasteiger partial charge in [0.25, 0.3) is 0 Å². The number of hydrogen-bond acceptors (Lipinski definition) is 4. The van der Waals surface area contributed by atoms with Gasteiger partial charge in [0.15, 0.2) is 5.11 Å². The van der Waals surface area contributed by atoms with Gasteiger partial charge < -0.3 is 19.3 Å². The Morgan fingerprint density at radius 3 is 1.81 bits per heavy atom. The van der Waals surface area contributed by atoms with E-state index in [9.17, 15) is 0 Å². The van der Waals surface area contributed by atoms with E-state index in [1.807, 2.05) is 36.4 Å². The summed E-state index contributed by atoms with van der Waals surface area (Å²) >= 11 is 13.1. The van der Waals surface area contributed by atoms with Crippen molar-refractivity contribution in [2.24, 2.45) is 4.99 Å². The number of anilines is 1. The van der Waals surface area contributed by atoms with Crippen LogP contribution in [-0.4, -0.2) is 73.5 Å². The zero-order chi connectivity index (χ0) is 21.6. The molecule has 2 aromatic carbocycles. The number of halogens is 2. The number of guanidine groups is 1. The van der Waals surface area contributed by atoms with E-state index in [1.165, 1.54) is 0 Å². The van der Waals surface area contributed by atoms with E-state index >= 15 is 0 Å². The van der Waals surface area contributed by atoms with Gasteiger partial charge in [-0.15, -0.1) is 0 Å². The van der Waals surface area contributed by atoms with Crippen molar-refractivity contribution in [3.8, 4) is 0 Å². The molecule has 2 aliphatic rings.